The van der Waals surface area contributed by atoms with E-state index in [-0.39, 0.29) is 6.10 Å². The summed E-state index contributed by atoms with van der Waals surface area (Å²) in [5.41, 5.74) is 2.06. The first-order valence-electron chi connectivity index (χ1n) is 7.40. The first-order chi connectivity index (χ1) is 9.06. The highest BCUT2D eigenvalue weighted by atomic mass is 16.5. The Morgan fingerprint density at radius 3 is 2.47 bits per heavy atom. The molecule has 1 N–H and O–H groups in total. The first kappa shape index (κ1) is 16.0. The summed E-state index contributed by atoms with van der Waals surface area (Å²) in [5.74, 6) is 1.57. The molecule has 0 aliphatic heterocycles. The van der Waals surface area contributed by atoms with E-state index in [0.717, 1.165) is 43.1 Å². The summed E-state index contributed by atoms with van der Waals surface area (Å²) in [4.78, 5) is 4.60. The highest BCUT2D eigenvalue weighted by Gasteiger charge is 2.11. The lowest BCUT2D eigenvalue weighted by molar-refractivity contribution is 0.189. The van der Waals surface area contributed by atoms with Crippen LogP contribution in [0.3, 0.4) is 0 Å². The molecule has 1 heterocycles. The van der Waals surface area contributed by atoms with E-state index in [0.29, 0.717) is 5.92 Å². The van der Waals surface area contributed by atoms with E-state index >= 15 is 0 Å². The van der Waals surface area contributed by atoms with E-state index in [2.05, 4.69) is 38.0 Å². The Morgan fingerprint density at radius 1 is 1.21 bits per heavy atom. The van der Waals surface area contributed by atoms with Crippen LogP contribution in [0.15, 0.2) is 12.1 Å². The maximum absolute atomic E-state index is 6.05. The van der Waals surface area contributed by atoms with Crippen LogP contribution in [0.2, 0.25) is 0 Å². The van der Waals surface area contributed by atoms with Gasteiger partial charge < -0.3 is 10.1 Å². The molecule has 0 aromatic carbocycles. The van der Waals surface area contributed by atoms with Crippen LogP contribution < -0.4 is 10.1 Å². The molecule has 0 spiro atoms. The van der Waals surface area contributed by atoms with Gasteiger partial charge in [-0.25, -0.2) is 0 Å². The summed E-state index contributed by atoms with van der Waals surface area (Å²) in [6, 6.07) is 4.07. The molecule has 0 bridgehead atoms. The normalized spacial score (nSPS) is 11.3. The van der Waals surface area contributed by atoms with Gasteiger partial charge >= 0.3 is 0 Å². The second-order valence-corrected chi connectivity index (χ2v) is 5.48. The molecule has 0 aliphatic carbocycles. The third-order valence-corrected chi connectivity index (χ3v) is 3.12. The summed E-state index contributed by atoms with van der Waals surface area (Å²) < 4.78 is 6.05. The van der Waals surface area contributed by atoms with Crippen molar-refractivity contribution in [2.45, 2.75) is 60.1 Å². The Morgan fingerprint density at radius 2 is 1.89 bits per heavy atom. The minimum atomic E-state index is 0.286. The van der Waals surface area contributed by atoms with Crippen LogP contribution in [0.5, 0.6) is 5.75 Å². The average Bonchev–Trinajstić information content (AvgIpc) is 2.37. The number of hydrogen-bond acceptors (Lipinski definition) is 3. The molecular weight excluding hydrogens is 236 g/mol. The van der Waals surface area contributed by atoms with E-state index in [1.54, 1.807) is 0 Å². The second kappa shape index (κ2) is 8.16. The third-order valence-electron chi connectivity index (χ3n) is 3.12. The fourth-order valence-corrected chi connectivity index (χ4v) is 1.95. The second-order valence-electron chi connectivity index (χ2n) is 5.48. The molecule has 1 rings (SSSR count). The molecule has 0 amide bonds. The van der Waals surface area contributed by atoms with Crippen LogP contribution in [-0.2, 0) is 6.54 Å². The van der Waals surface area contributed by atoms with Gasteiger partial charge in [0.25, 0.3) is 0 Å². The van der Waals surface area contributed by atoms with Crippen molar-refractivity contribution in [3.63, 3.8) is 0 Å². The molecule has 3 heteroatoms. The molecule has 0 aliphatic rings. The minimum Gasteiger partial charge on any atom is -0.488 e. The van der Waals surface area contributed by atoms with Gasteiger partial charge in [0.15, 0.2) is 0 Å². The lowest BCUT2D eigenvalue weighted by Gasteiger charge is -2.18. The van der Waals surface area contributed by atoms with Crippen molar-refractivity contribution in [1.82, 2.24) is 10.3 Å². The largest absolute Gasteiger partial charge is 0.488 e. The number of pyridine rings is 1. The SMILES string of the molecule is CCC(CC)Oc1ccc(C)nc1CNCC(C)C. The van der Waals surface area contributed by atoms with Crippen molar-refractivity contribution >= 4 is 0 Å². The smallest absolute Gasteiger partial charge is 0.142 e. The molecular formula is C16H28N2O. The first-order valence-corrected chi connectivity index (χ1v) is 7.40. The number of ether oxygens (including phenoxy) is 1. The number of aromatic nitrogens is 1. The standard InChI is InChI=1S/C16H28N2O/c1-6-14(7-2)19-16-9-8-13(5)18-15(16)11-17-10-12(3)4/h8-9,12,14,17H,6-7,10-11H2,1-5H3. The summed E-state index contributed by atoms with van der Waals surface area (Å²) in [6.45, 7) is 12.5. The quantitative estimate of drug-likeness (QED) is 0.777. The molecule has 108 valence electrons. The fraction of sp³-hybridized carbons (Fsp3) is 0.688. The van der Waals surface area contributed by atoms with Gasteiger partial charge in [-0.3, -0.25) is 4.98 Å². The molecule has 0 unspecified atom stereocenters. The zero-order chi connectivity index (χ0) is 14.3. The van der Waals surface area contributed by atoms with Crippen LogP contribution in [-0.4, -0.2) is 17.6 Å². The van der Waals surface area contributed by atoms with Crippen LogP contribution in [0.4, 0.5) is 0 Å². The summed E-state index contributed by atoms with van der Waals surface area (Å²) in [7, 11) is 0. The van der Waals surface area contributed by atoms with Crippen LogP contribution in [0, 0.1) is 12.8 Å². The molecule has 0 saturated carbocycles. The summed E-state index contributed by atoms with van der Waals surface area (Å²) >= 11 is 0. The van der Waals surface area contributed by atoms with E-state index in [9.17, 15) is 0 Å². The highest BCUT2D eigenvalue weighted by Crippen LogP contribution is 2.20. The van der Waals surface area contributed by atoms with Crippen molar-refractivity contribution in [3.05, 3.63) is 23.5 Å². The molecule has 1 aromatic rings. The molecule has 0 radical (unpaired) electrons. The predicted octanol–water partition coefficient (Wildman–Crippen LogP) is 3.70. The number of nitrogens with one attached hydrogen (secondary N) is 1. The van der Waals surface area contributed by atoms with Gasteiger partial charge in [0, 0.05) is 12.2 Å². The molecule has 0 atom stereocenters. The van der Waals surface area contributed by atoms with E-state index in [4.69, 9.17) is 4.74 Å². The van der Waals surface area contributed by atoms with Gasteiger partial charge in [0.05, 0.1) is 11.8 Å². The lowest BCUT2D eigenvalue weighted by atomic mass is 10.2. The number of rotatable bonds is 8. The molecule has 19 heavy (non-hydrogen) atoms. The van der Waals surface area contributed by atoms with Crippen molar-refractivity contribution in [2.75, 3.05) is 6.54 Å². The maximum atomic E-state index is 6.05. The number of aryl methyl sites for hydroxylation is 1. The predicted molar refractivity (Wildman–Crippen MR) is 80.5 cm³/mol. The zero-order valence-electron chi connectivity index (χ0n) is 13.0. The van der Waals surface area contributed by atoms with Gasteiger partial charge in [0.2, 0.25) is 0 Å². The van der Waals surface area contributed by atoms with E-state index in [1.807, 2.05) is 19.1 Å². The topological polar surface area (TPSA) is 34.1 Å². The Balaban J connectivity index is 2.73. The van der Waals surface area contributed by atoms with Crippen molar-refractivity contribution < 1.29 is 4.74 Å². The Hall–Kier alpha value is -1.09. The van der Waals surface area contributed by atoms with Gasteiger partial charge in [-0.05, 0) is 44.4 Å². The van der Waals surface area contributed by atoms with Crippen molar-refractivity contribution in [2.24, 2.45) is 5.92 Å². The molecule has 0 saturated heterocycles. The van der Waals surface area contributed by atoms with Gasteiger partial charge in [-0.1, -0.05) is 27.7 Å². The summed E-state index contributed by atoms with van der Waals surface area (Å²) in [6.07, 6.45) is 2.35. The minimum absolute atomic E-state index is 0.286. The van der Waals surface area contributed by atoms with Crippen molar-refractivity contribution in [3.8, 4) is 5.75 Å². The van der Waals surface area contributed by atoms with E-state index < -0.39 is 0 Å². The number of nitrogens with zero attached hydrogens (tertiary/aromatic N) is 1. The molecule has 1 aromatic heterocycles. The Kier molecular flexibility index (Phi) is 6.85. The Labute approximate surface area is 117 Å². The van der Waals surface area contributed by atoms with Crippen LogP contribution in [0.25, 0.3) is 0 Å². The highest BCUT2D eigenvalue weighted by molar-refractivity contribution is 5.29. The van der Waals surface area contributed by atoms with Crippen LogP contribution >= 0.6 is 0 Å². The summed E-state index contributed by atoms with van der Waals surface area (Å²) in [5, 5.41) is 3.44. The zero-order valence-corrected chi connectivity index (χ0v) is 13.0. The van der Waals surface area contributed by atoms with Gasteiger partial charge in [-0.2, -0.15) is 0 Å². The van der Waals surface area contributed by atoms with Crippen molar-refractivity contribution in [1.29, 1.82) is 0 Å². The average molecular weight is 264 g/mol. The van der Waals surface area contributed by atoms with E-state index in [1.165, 1.54) is 0 Å². The van der Waals surface area contributed by atoms with Gasteiger partial charge in [0.1, 0.15) is 5.75 Å². The fourth-order valence-electron chi connectivity index (χ4n) is 1.95. The maximum Gasteiger partial charge on any atom is 0.142 e. The lowest BCUT2D eigenvalue weighted by Crippen LogP contribution is -2.21. The third kappa shape index (κ3) is 5.60. The van der Waals surface area contributed by atoms with Crippen LogP contribution in [0.1, 0.15) is 51.9 Å². The Bertz CT molecular complexity index is 373. The molecule has 0 fully saturated rings. The van der Waals surface area contributed by atoms with Gasteiger partial charge in [-0.15, -0.1) is 0 Å². The number of hydrogen-bond donors (Lipinski definition) is 1. The molecule has 3 nitrogen and oxygen atoms in total. The monoisotopic (exact) mass is 264 g/mol.